The Kier molecular flexibility index (Phi) is 4.71. The minimum atomic E-state index is 0.439. The molecule has 1 aliphatic carbocycles. The minimum Gasteiger partial charge on any atom is -0.481 e. The third-order valence-electron chi connectivity index (χ3n) is 6.99. The van der Waals surface area contributed by atoms with E-state index in [0.29, 0.717) is 17.2 Å². The second-order valence-electron chi connectivity index (χ2n) is 8.88. The lowest BCUT2D eigenvalue weighted by molar-refractivity contribution is 0.0460. The second-order valence-corrected chi connectivity index (χ2v) is 8.88. The first-order chi connectivity index (χ1) is 13.7. The first-order valence-electron chi connectivity index (χ1n) is 10.6. The van der Waals surface area contributed by atoms with Crippen LogP contribution in [0.1, 0.15) is 43.6 Å². The second kappa shape index (κ2) is 7.36. The fraction of sp³-hybridized carbons (Fsp3) is 0.565. The lowest BCUT2D eigenvalue weighted by atomic mass is 9.68. The van der Waals surface area contributed by atoms with Crippen LogP contribution in [0.15, 0.2) is 42.7 Å². The number of nitrogens with zero attached hydrogens (tertiary/aromatic N) is 4. The van der Waals surface area contributed by atoms with Crippen LogP contribution in [-0.4, -0.2) is 54.2 Å². The van der Waals surface area contributed by atoms with E-state index in [1.807, 2.05) is 6.07 Å². The highest BCUT2D eigenvalue weighted by Crippen LogP contribution is 2.47. The van der Waals surface area contributed by atoms with Crippen LogP contribution < -0.4 is 9.64 Å². The minimum absolute atomic E-state index is 0.439. The summed E-state index contributed by atoms with van der Waals surface area (Å²) >= 11 is 0. The van der Waals surface area contributed by atoms with Crippen LogP contribution in [0.3, 0.4) is 0 Å². The molecule has 3 aliphatic rings. The molecular formula is C23H30N4O. The van der Waals surface area contributed by atoms with E-state index in [1.165, 1.54) is 50.8 Å². The molecule has 1 spiro atoms. The maximum absolute atomic E-state index is 5.28. The standard InChI is InChI=1S/C23H30N4O/c1-28-22-13-21(24-17-25-22)26-11-9-23(10-12-26)14-19(18-5-3-2-4-6-18)15-27(16-23)20-7-8-20/h2-6,13,17,19-20H,7-12,14-16H2,1H3. The number of piperidine rings is 2. The van der Waals surface area contributed by atoms with Crippen molar-refractivity contribution in [3.63, 3.8) is 0 Å². The Hall–Kier alpha value is -2.14. The van der Waals surface area contributed by atoms with Gasteiger partial charge in [-0.1, -0.05) is 30.3 Å². The number of anilines is 1. The quantitative estimate of drug-likeness (QED) is 0.811. The molecule has 3 heterocycles. The number of ether oxygens (including phenoxy) is 1. The summed E-state index contributed by atoms with van der Waals surface area (Å²) in [6, 6.07) is 14.0. The van der Waals surface area contributed by atoms with E-state index in [1.54, 1.807) is 13.4 Å². The van der Waals surface area contributed by atoms with Crippen molar-refractivity contribution in [1.82, 2.24) is 14.9 Å². The summed E-state index contributed by atoms with van der Waals surface area (Å²) in [6.07, 6.45) is 8.20. The number of hydrogen-bond donors (Lipinski definition) is 0. The van der Waals surface area contributed by atoms with Crippen molar-refractivity contribution >= 4 is 5.82 Å². The maximum Gasteiger partial charge on any atom is 0.218 e. The summed E-state index contributed by atoms with van der Waals surface area (Å²) < 4.78 is 5.28. The molecule has 2 aliphatic heterocycles. The molecule has 148 valence electrons. The molecule has 5 heteroatoms. The molecule has 0 bridgehead atoms. The fourth-order valence-corrected chi connectivity index (χ4v) is 5.28. The molecule has 5 nitrogen and oxygen atoms in total. The van der Waals surface area contributed by atoms with Crippen LogP contribution in [0.2, 0.25) is 0 Å². The highest BCUT2D eigenvalue weighted by molar-refractivity contribution is 5.41. The number of methoxy groups -OCH3 is 1. The Labute approximate surface area is 167 Å². The van der Waals surface area contributed by atoms with E-state index in [9.17, 15) is 0 Å². The van der Waals surface area contributed by atoms with Gasteiger partial charge in [-0.2, -0.15) is 0 Å². The van der Waals surface area contributed by atoms with E-state index in [0.717, 1.165) is 24.9 Å². The Morgan fingerprint density at radius 2 is 1.86 bits per heavy atom. The van der Waals surface area contributed by atoms with Crippen LogP contribution in [0.5, 0.6) is 5.88 Å². The molecule has 0 radical (unpaired) electrons. The summed E-state index contributed by atoms with van der Waals surface area (Å²) in [5, 5.41) is 0. The zero-order valence-electron chi connectivity index (χ0n) is 16.8. The number of benzene rings is 1. The molecule has 28 heavy (non-hydrogen) atoms. The highest BCUT2D eigenvalue weighted by Gasteiger charge is 2.45. The normalized spacial score (nSPS) is 25.0. The molecule has 0 N–H and O–H groups in total. The van der Waals surface area contributed by atoms with Crippen LogP contribution in [0.25, 0.3) is 0 Å². The van der Waals surface area contributed by atoms with Crippen molar-refractivity contribution in [3.8, 4) is 5.88 Å². The monoisotopic (exact) mass is 378 g/mol. The average Bonchev–Trinajstić information content (AvgIpc) is 3.60. The third-order valence-corrected chi connectivity index (χ3v) is 6.99. The van der Waals surface area contributed by atoms with E-state index < -0.39 is 0 Å². The SMILES string of the molecule is COc1cc(N2CCC3(CC2)CC(c2ccccc2)CN(C2CC2)C3)ncn1. The van der Waals surface area contributed by atoms with Gasteiger partial charge in [0.05, 0.1) is 7.11 Å². The number of aromatic nitrogens is 2. The average molecular weight is 379 g/mol. The molecule has 0 amide bonds. The molecule has 3 fully saturated rings. The van der Waals surface area contributed by atoms with E-state index >= 15 is 0 Å². The largest absolute Gasteiger partial charge is 0.481 e. The van der Waals surface area contributed by atoms with Gasteiger partial charge in [-0.25, -0.2) is 9.97 Å². The van der Waals surface area contributed by atoms with Crippen molar-refractivity contribution < 1.29 is 4.74 Å². The predicted molar refractivity (Wildman–Crippen MR) is 111 cm³/mol. The van der Waals surface area contributed by atoms with Gasteiger partial charge in [0.2, 0.25) is 5.88 Å². The zero-order valence-corrected chi connectivity index (χ0v) is 16.8. The van der Waals surface area contributed by atoms with E-state index in [2.05, 4.69) is 50.1 Å². The first-order valence-corrected chi connectivity index (χ1v) is 10.6. The lowest BCUT2D eigenvalue weighted by Gasteiger charge is -2.50. The molecule has 5 rings (SSSR count). The van der Waals surface area contributed by atoms with Crippen molar-refractivity contribution in [2.75, 3.05) is 38.2 Å². The number of hydrogen-bond acceptors (Lipinski definition) is 5. The fourth-order valence-electron chi connectivity index (χ4n) is 5.28. The van der Waals surface area contributed by atoms with Crippen LogP contribution in [0.4, 0.5) is 5.82 Å². The molecule has 1 saturated carbocycles. The van der Waals surface area contributed by atoms with Gasteiger partial charge in [0.1, 0.15) is 12.1 Å². The molecule has 1 atom stereocenters. The molecule has 1 aromatic heterocycles. The summed E-state index contributed by atoms with van der Waals surface area (Å²) in [7, 11) is 1.66. The Morgan fingerprint density at radius 1 is 1.07 bits per heavy atom. The van der Waals surface area contributed by atoms with Crippen LogP contribution >= 0.6 is 0 Å². The highest BCUT2D eigenvalue weighted by atomic mass is 16.5. The Morgan fingerprint density at radius 3 is 2.57 bits per heavy atom. The summed E-state index contributed by atoms with van der Waals surface area (Å²) in [4.78, 5) is 13.8. The van der Waals surface area contributed by atoms with Gasteiger partial charge in [0, 0.05) is 38.3 Å². The molecule has 1 aromatic carbocycles. The molecule has 2 aromatic rings. The smallest absolute Gasteiger partial charge is 0.218 e. The molecular weight excluding hydrogens is 348 g/mol. The number of rotatable bonds is 4. The molecule has 1 unspecified atom stereocenters. The van der Waals surface area contributed by atoms with Crippen molar-refractivity contribution in [1.29, 1.82) is 0 Å². The van der Waals surface area contributed by atoms with Gasteiger partial charge < -0.3 is 9.64 Å². The summed E-state index contributed by atoms with van der Waals surface area (Å²) in [6.45, 7) is 4.66. The van der Waals surface area contributed by atoms with Crippen molar-refractivity contribution in [2.45, 2.75) is 44.1 Å². The maximum atomic E-state index is 5.28. The summed E-state index contributed by atoms with van der Waals surface area (Å²) in [5.41, 5.74) is 1.96. The van der Waals surface area contributed by atoms with Gasteiger partial charge in [-0.05, 0) is 49.0 Å². The van der Waals surface area contributed by atoms with Crippen LogP contribution in [-0.2, 0) is 0 Å². The number of likely N-dealkylation sites (tertiary alicyclic amines) is 1. The summed E-state index contributed by atoms with van der Waals surface area (Å²) in [5.74, 6) is 2.31. The zero-order chi connectivity index (χ0) is 19.0. The third kappa shape index (κ3) is 3.60. The van der Waals surface area contributed by atoms with Crippen molar-refractivity contribution in [3.05, 3.63) is 48.3 Å². The van der Waals surface area contributed by atoms with Gasteiger partial charge in [-0.15, -0.1) is 0 Å². The van der Waals surface area contributed by atoms with Crippen molar-refractivity contribution in [2.24, 2.45) is 5.41 Å². The van der Waals surface area contributed by atoms with Gasteiger partial charge in [0.15, 0.2) is 0 Å². The lowest BCUT2D eigenvalue weighted by Crippen LogP contribution is -2.52. The van der Waals surface area contributed by atoms with Crippen LogP contribution in [0, 0.1) is 5.41 Å². The van der Waals surface area contributed by atoms with E-state index in [4.69, 9.17) is 4.74 Å². The molecule has 2 saturated heterocycles. The Balaban J connectivity index is 1.33. The van der Waals surface area contributed by atoms with Gasteiger partial charge >= 0.3 is 0 Å². The predicted octanol–water partition coefficient (Wildman–Crippen LogP) is 3.72. The first kappa shape index (κ1) is 17.9. The van der Waals surface area contributed by atoms with Gasteiger partial charge in [-0.3, -0.25) is 4.90 Å². The van der Waals surface area contributed by atoms with E-state index in [-0.39, 0.29) is 0 Å². The van der Waals surface area contributed by atoms with Gasteiger partial charge in [0.25, 0.3) is 0 Å². The Bertz CT molecular complexity index is 799. The topological polar surface area (TPSA) is 41.5 Å².